The van der Waals surface area contributed by atoms with Gasteiger partial charge in [0.2, 0.25) is 11.8 Å². The minimum atomic E-state index is -1.64. The van der Waals surface area contributed by atoms with Crippen molar-refractivity contribution < 1.29 is 57.6 Å². The van der Waals surface area contributed by atoms with Crippen LogP contribution in [0.25, 0.3) is 0 Å². The Kier molecular flexibility index (Phi) is 16.4. The molecule has 0 bridgehead atoms. The number of anilines is 1. The van der Waals surface area contributed by atoms with Crippen LogP contribution in [-0.4, -0.2) is 93.7 Å². The van der Waals surface area contributed by atoms with Gasteiger partial charge in [-0.25, -0.2) is 18.4 Å². The average Bonchev–Trinajstić information content (AvgIpc) is 3.12. The molecule has 3 atom stereocenters. The van der Waals surface area contributed by atoms with Crippen LogP contribution in [0.1, 0.15) is 94.0 Å². The fourth-order valence-corrected chi connectivity index (χ4v) is 5.60. The third kappa shape index (κ3) is 13.3. The third-order valence-corrected chi connectivity index (χ3v) is 8.27. The van der Waals surface area contributed by atoms with Gasteiger partial charge in [0, 0.05) is 36.0 Å². The van der Waals surface area contributed by atoms with Crippen LogP contribution in [0.4, 0.5) is 14.5 Å². The van der Waals surface area contributed by atoms with E-state index in [1.54, 1.807) is 24.8 Å². The largest absolute Gasteiger partial charge is 0.478 e. The maximum absolute atomic E-state index is 13.8. The van der Waals surface area contributed by atoms with Gasteiger partial charge in [-0.1, -0.05) is 33.8 Å². The summed E-state index contributed by atoms with van der Waals surface area (Å²) < 4.78 is 33.1. The molecule has 0 heterocycles. The highest BCUT2D eigenvalue weighted by Crippen LogP contribution is 2.18. The van der Waals surface area contributed by atoms with Crippen molar-refractivity contribution >= 4 is 41.3 Å². The summed E-state index contributed by atoms with van der Waals surface area (Å²) in [6.45, 7) is 7.38. The molecule has 3 aromatic rings. The van der Waals surface area contributed by atoms with E-state index >= 15 is 0 Å². The lowest BCUT2D eigenvalue weighted by atomic mass is 10.0. The molecule has 0 aliphatic heterocycles. The minimum absolute atomic E-state index is 0.0715. The predicted molar refractivity (Wildman–Crippen MR) is 197 cm³/mol. The number of aliphatic hydroxyl groups is 1. The van der Waals surface area contributed by atoms with Gasteiger partial charge in [-0.05, 0) is 72.9 Å². The number of carboxylic acids is 2. The second-order valence-corrected chi connectivity index (χ2v) is 13.2. The molecule has 3 rings (SSSR count). The Morgan fingerprint density at radius 3 is 1.89 bits per heavy atom. The zero-order valence-corrected chi connectivity index (χ0v) is 30.9. The van der Waals surface area contributed by atoms with E-state index in [4.69, 9.17) is 4.74 Å². The standard InChI is InChI=1S/C39H46F2N4O10/c1-5-10-45(11-6-2)37(50)25-9-7-8-24(14-25)35(48)43-31(21-55-20-23-12-28(40)18-29(41)13-23)32(46)19-33(47)44-34(22(3)4)36(49)42-30-16-26(38(51)52)15-27(17-30)39(53)54/h7-9,12-18,22,31-32,34,46H,5-6,10-11,19-21H2,1-4H3,(H,42,49)(H,43,48)(H,44,47)(H,51,52)(H,53,54)/t31-,32-,34-/m0/s1. The quantitative estimate of drug-likeness (QED) is 0.0950. The molecule has 6 N–H and O–H groups in total. The van der Waals surface area contributed by atoms with Crippen LogP contribution in [0, 0.1) is 17.6 Å². The molecular weight excluding hydrogens is 722 g/mol. The van der Waals surface area contributed by atoms with E-state index in [0.29, 0.717) is 19.2 Å². The van der Waals surface area contributed by atoms with Gasteiger partial charge in [0.25, 0.3) is 11.8 Å². The maximum atomic E-state index is 13.8. The van der Waals surface area contributed by atoms with Crippen LogP contribution in [0.5, 0.6) is 0 Å². The Balaban J connectivity index is 1.80. The van der Waals surface area contributed by atoms with E-state index in [1.807, 2.05) is 13.8 Å². The summed E-state index contributed by atoms with van der Waals surface area (Å²) >= 11 is 0. The first-order valence-corrected chi connectivity index (χ1v) is 17.7. The van der Waals surface area contributed by atoms with Crippen LogP contribution >= 0.6 is 0 Å². The van der Waals surface area contributed by atoms with Crippen LogP contribution in [-0.2, 0) is 20.9 Å². The van der Waals surface area contributed by atoms with Crippen molar-refractivity contribution in [2.45, 2.75) is 71.8 Å². The molecule has 0 saturated heterocycles. The number of carbonyl (C=O) groups excluding carboxylic acids is 4. The molecule has 0 fully saturated rings. The monoisotopic (exact) mass is 768 g/mol. The van der Waals surface area contributed by atoms with Crippen LogP contribution in [0.2, 0.25) is 0 Å². The zero-order valence-electron chi connectivity index (χ0n) is 30.9. The van der Waals surface area contributed by atoms with Gasteiger partial charge in [0.15, 0.2) is 0 Å². The van der Waals surface area contributed by atoms with Crippen molar-refractivity contribution in [3.05, 3.63) is 100 Å². The van der Waals surface area contributed by atoms with Crippen molar-refractivity contribution in [2.24, 2.45) is 5.92 Å². The lowest BCUT2D eigenvalue weighted by Crippen LogP contribution is -2.51. The minimum Gasteiger partial charge on any atom is -0.478 e. The summed E-state index contributed by atoms with van der Waals surface area (Å²) in [6, 6.07) is 9.24. The Morgan fingerprint density at radius 1 is 0.782 bits per heavy atom. The van der Waals surface area contributed by atoms with Gasteiger partial charge in [-0.2, -0.15) is 0 Å². The van der Waals surface area contributed by atoms with Crippen molar-refractivity contribution in [3.63, 3.8) is 0 Å². The molecule has 0 spiro atoms. The SMILES string of the molecule is CCCN(CCC)C(=O)c1cccc(C(=O)N[C@@H](COCc2cc(F)cc(F)c2)[C@@H](O)CC(=O)N[C@H](C(=O)Nc2cc(C(=O)O)cc(C(=O)O)c2)C(C)C)c1. The first-order chi connectivity index (χ1) is 26.0. The number of hydrogen-bond donors (Lipinski definition) is 6. The molecular formula is C39H46F2N4O10. The highest BCUT2D eigenvalue weighted by Gasteiger charge is 2.29. The number of carboxylic acid groups (broad SMARTS) is 2. The van der Waals surface area contributed by atoms with Gasteiger partial charge in [-0.3, -0.25) is 19.2 Å². The van der Waals surface area contributed by atoms with Crippen molar-refractivity contribution in [1.82, 2.24) is 15.5 Å². The van der Waals surface area contributed by atoms with Crippen molar-refractivity contribution in [3.8, 4) is 0 Å². The lowest BCUT2D eigenvalue weighted by Gasteiger charge is -2.26. The maximum Gasteiger partial charge on any atom is 0.335 e. The number of nitrogens with zero attached hydrogens (tertiary/aromatic N) is 1. The first-order valence-electron chi connectivity index (χ1n) is 17.7. The van der Waals surface area contributed by atoms with E-state index in [2.05, 4.69) is 16.0 Å². The van der Waals surface area contributed by atoms with Crippen LogP contribution in [0.3, 0.4) is 0 Å². The van der Waals surface area contributed by atoms with Crippen molar-refractivity contribution in [1.29, 1.82) is 0 Å². The molecule has 4 amide bonds. The van der Waals surface area contributed by atoms with Crippen molar-refractivity contribution in [2.75, 3.05) is 25.0 Å². The van der Waals surface area contributed by atoms with Gasteiger partial charge < -0.3 is 40.9 Å². The molecule has 14 nitrogen and oxygen atoms in total. The summed E-state index contributed by atoms with van der Waals surface area (Å²) in [5, 5.41) is 37.5. The number of amides is 4. The average molecular weight is 769 g/mol. The number of carbonyl (C=O) groups is 6. The number of aliphatic hydroxyl groups excluding tert-OH is 1. The molecule has 3 aromatic carbocycles. The lowest BCUT2D eigenvalue weighted by molar-refractivity contribution is -0.129. The fourth-order valence-electron chi connectivity index (χ4n) is 5.60. The first kappa shape index (κ1) is 43.7. The molecule has 16 heteroatoms. The highest BCUT2D eigenvalue weighted by molar-refractivity contribution is 6.01. The molecule has 0 aliphatic carbocycles. The van der Waals surface area contributed by atoms with Crippen LogP contribution in [0.15, 0.2) is 60.7 Å². The summed E-state index contributed by atoms with van der Waals surface area (Å²) in [5.41, 5.74) is -0.469. The Bertz CT molecular complexity index is 1810. The molecule has 0 unspecified atom stereocenters. The second-order valence-electron chi connectivity index (χ2n) is 13.2. The number of halogens is 2. The smallest absolute Gasteiger partial charge is 0.335 e. The number of hydrogen-bond acceptors (Lipinski definition) is 8. The third-order valence-electron chi connectivity index (χ3n) is 8.27. The Hall–Kier alpha value is -5.74. The number of ether oxygens (including phenoxy) is 1. The normalized spacial score (nSPS) is 12.7. The molecule has 0 aromatic heterocycles. The van der Waals surface area contributed by atoms with Crippen LogP contribution < -0.4 is 16.0 Å². The van der Waals surface area contributed by atoms with Gasteiger partial charge in [-0.15, -0.1) is 0 Å². The number of aromatic carboxylic acids is 2. The summed E-state index contributed by atoms with van der Waals surface area (Å²) in [5.74, 6) is -7.72. The predicted octanol–water partition coefficient (Wildman–Crippen LogP) is 4.47. The molecule has 55 heavy (non-hydrogen) atoms. The van der Waals surface area contributed by atoms with E-state index in [1.165, 1.54) is 18.2 Å². The highest BCUT2D eigenvalue weighted by atomic mass is 19.1. The van der Waals surface area contributed by atoms with Gasteiger partial charge in [0.05, 0.1) is 42.9 Å². The number of rotatable bonds is 20. The van der Waals surface area contributed by atoms with E-state index in [-0.39, 0.29) is 34.9 Å². The summed E-state index contributed by atoms with van der Waals surface area (Å²) in [4.78, 5) is 77.9. The summed E-state index contributed by atoms with van der Waals surface area (Å²) in [7, 11) is 0. The second kappa shape index (κ2) is 20.6. The summed E-state index contributed by atoms with van der Waals surface area (Å²) in [6.07, 6.45) is -0.835. The van der Waals surface area contributed by atoms with Gasteiger partial charge in [0.1, 0.15) is 17.7 Å². The Morgan fingerprint density at radius 2 is 1.35 bits per heavy atom. The van der Waals surface area contributed by atoms with E-state index in [0.717, 1.165) is 43.2 Å². The Labute approximate surface area is 316 Å². The topological polar surface area (TPSA) is 212 Å². The molecule has 0 radical (unpaired) electrons. The molecule has 0 aliphatic rings. The molecule has 0 saturated carbocycles. The molecule has 296 valence electrons. The van der Waals surface area contributed by atoms with Gasteiger partial charge >= 0.3 is 11.9 Å². The fraction of sp³-hybridized carbons (Fsp3) is 0.385. The number of nitrogens with one attached hydrogen (secondary N) is 3. The van der Waals surface area contributed by atoms with E-state index in [9.17, 15) is 52.9 Å². The zero-order chi connectivity index (χ0) is 40.8. The van der Waals surface area contributed by atoms with E-state index < -0.39 is 89.6 Å². The number of benzene rings is 3.